The van der Waals surface area contributed by atoms with Crippen LogP contribution < -0.4 is 42.6 Å². The zero-order valence-corrected chi connectivity index (χ0v) is 55.3. The molecule has 31 heteroatoms. The predicted molar refractivity (Wildman–Crippen MR) is 349 cm³/mol. The molecule has 0 unspecified atom stereocenters. The van der Waals surface area contributed by atoms with E-state index < -0.39 is 53.5 Å². The zero-order valence-electron chi connectivity index (χ0n) is 55.3. The van der Waals surface area contributed by atoms with Crippen LogP contribution in [0, 0.1) is 5.92 Å². The Balaban J connectivity index is 0.803. The molecule has 2 aromatic heterocycles. The summed E-state index contributed by atoms with van der Waals surface area (Å²) < 4.78 is 67.5. The van der Waals surface area contributed by atoms with E-state index in [2.05, 4.69) is 36.6 Å². The number of nitrogens with zero attached hydrogens (tertiary/aromatic N) is 5. The minimum atomic E-state index is -1.92. The van der Waals surface area contributed by atoms with E-state index in [0.717, 1.165) is 16.5 Å². The first kappa shape index (κ1) is 76.9. The fourth-order valence-corrected chi connectivity index (χ4v) is 10.2. The molecule has 2 aliphatic heterocycles. The minimum absolute atomic E-state index is 0.0294. The Labute approximate surface area is 557 Å². The monoisotopic (exact) mass is 1350 g/mol. The van der Waals surface area contributed by atoms with E-state index in [1.54, 1.807) is 61.7 Å². The lowest BCUT2D eigenvalue weighted by Gasteiger charge is -2.31. The van der Waals surface area contributed by atoms with Crippen LogP contribution in [0.25, 0.3) is 32.7 Å². The summed E-state index contributed by atoms with van der Waals surface area (Å²) in [5.74, 6) is -2.08. The SMILES string of the molecule is CCc1c2c(nc3ccc(OCCCNC(=O)OCc4ccc(NC(=O)[C@H](CCCNC(N)=O)NC(=O)[C@@H](NC(=O)CCOCCOCCOCCOCCOCCOCCOCCOCCOCCN=[N+]=[N-])C(C)C)cc4)cc13)-c1cc3c(c(=O)n1C2)COC(=O)[C@]3(O)CC. The molecule has 6 rings (SSSR count). The smallest absolute Gasteiger partial charge is 0.407 e. The first-order valence-corrected chi connectivity index (χ1v) is 32.5. The summed E-state index contributed by atoms with van der Waals surface area (Å²) in [5, 5.41) is 29.0. The number of ether oxygens (including phenoxy) is 12. The van der Waals surface area contributed by atoms with Crippen LogP contribution in [0.5, 0.6) is 5.75 Å². The summed E-state index contributed by atoms with van der Waals surface area (Å²) in [7, 11) is 0. The van der Waals surface area contributed by atoms with Gasteiger partial charge >= 0.3 is 18.1 Å². The number of urea groups is 1. The second-order valence-electron chi connectivity index (χ2n) is 22.4. The minimum Gasteiger partial charge on any atom is -0.494 e. The molecule has 0 bridgehead atoms. The van der Waals surface area contributed by atoms with E-state index in [-0.39, 0.29) is 108 Å². The number of carbonyl (C=O) groups is 6. The normalized spacial score (nSPS) is 14.4. The molecule has 528 valence electrons. The van der Waals surface area contributed by atoms with Crippen LogP contribution in [0.15, 0.2) is 58.4 Å². The Morgan fingerprint density at radius 3 is 1.88 bits per heavy atom. The van der Waals surface area contributed by atoms with E-state index in [4.69, 9.17) is 73.1 Å². The van der Waals surface area contributed by atoms with E-state index in [1.807, 2.05) is 19.1 Å². The molecule has 0 fully saturated rings. The lowest BCUT2D eigenvalue weighted by Crippen LogP contribution is -2.54. The number of carbonyl (C=O) groups excluding carboxylic acids is 6. The number of nitrogens with one attached hydrogen (secondary N) is 5. The molecule has 3 atom stereocenters. The van der Waals surface area contributed by atoms with Crippen LogP contribution in [-0.4, -0.2) is 208 Å². The van der Waals surface area contributed by atoms with Gasteiger partial charge in [0.2, 0.25) is 17.7 Å². The van der Waals surface area contributed by atoms with Crippen LogP contribution in [0.4, 0.5) is 15.3 Å². The van der Waals surface area contributed by atoms with Gasteiger partial charge in [-0.2, -0.15) is 0 Å². The van der Waals surface area contributed by atoms with Gasteiger partial charge < -0.3 is 98.8 Å². The number of hydrogen-bond donors (Lipinski definition) is 7. The van der Waals surface area contributed by atoms with Crippen molar-refractivity contribution in [3.63, 3.8) is 0 Å². The second kappa shape index (κ2) is 42.5. The van der Waals surface area contributed by atoms with Gasteiger partial charge in [0.1, 0.15) is 31.0 Å². The molecule has 4 heterocycles. The largest absolute Gasteiger partial charge is 0.494 e. The summed E-state index contributed by atoms with van der Waals surface area (Å²) in [6.45, 7) is 15.0. The van der Waals surface area contributed by atoms with Crippen molar-refractivity contribution >= 4 is 52.4 Å². The number of rotatable bonds is 49. The van der Waals surface area contributed by atoms with Crippen LogP contribution in [0.2, 0.25) is 0 Å². The third-order valence-electron chi connectivity index (χ3n) is 15.3. The highest BCUT2D eigenvalue weighted by Crippen LogP contribution is 2.41. The summed E-state index contributed by atoms with van der Waals surface area (Å²) in [6.07, 6.45) is 0.893. The van der Waals surface area contributed by atoms with Crippen molar-refractivity contribution < 1.29 is 90.7 Å². The second-order valence-corrected chi connectivity index (χ2v) is 22.4. The Morgan fingerprint density at radius 2 is 1.31 bits per heavy atom. The number of aryl methyl sites for hydroxylation is 1. The predicted octanol–water partition coefficient (Wildman–Crippen LogP) is 4.20. The Morgan fingerprint density at radius 1 is 0.729 bits per heavy atom. The van der Waals surface area contributed by atoms with Gasteiger partial charge in [0.25, 0.3) is 5.56 Å². The van der Waals surface area contributed by atoms with Gasteiger partial charge in [0, 0.05) is 53.2 Å². The highest BCUT2D eigenvalue weighted by Gasteiger charge is 2.45. The molecule has 0 saturated carbocycles. The molecular weight excluding hydrogens is 1250 g/mol. The summed E-state index contributed by atoms with van der Waals surface area (Å²) in [6, 6.07) is 11.1. The standard InChI is InChI=1S/C65H93N11O20/c1-5-48-49-39-47(14-15-53(49)72-58-50(48)41-76-55(58)40-52-51(61(76)80)43-95-62(81)65(52,84)6-2)94-20-8-18-69-64(83)96-42-45-10-12-46(13-11-45)71-59(78)54(9-7-17-68-63(66)82)73-60(79)57(44(3)4)74-56(77)16-21-85-23-25-87-27-29-89-31-33-91-35-37-93-38-36-92-34-32-90-30-28-88-26-24-86-22-19-70-75-67/h10-15,39-40,44,54,57,84H,5-9,16-38,41-43H2,1-4H3,(H,69,83)(H,71,78)(H,73,79)(H,74,77)(H3,66,68,82)/t54-,57-,65-/m0/s1. The number of aromatic nitrogens is 2. The van der Waals surface area contributed by atoms with Gasteiger partial charge in [-0.25, -0.2) is 19.4 Å². The van der Waals surface area contributed by atoms with Crippen molar-refractivity contribution in [2.45, 2.75) is 104 Å². The fourth-order valence-electron chi connectivity index (χ4n) is 10.2. The third kappa shape index (κ3) is 25.2. The van der Waals surface area contributed by atoms with Crippen molar-refractivity contribution in [3.05, 3.63) is 97.1 Å². The number of esters is 1. The van der Waals surface area contributed by atoms with Crippen LogP contribution in [0.3, 0.4) is 0 Å². The van der Waals surface area contributed by atoms with Gasteiger partial charge in [0.05, 0.1) is 155 Å². The Kier molecular flexibility index (Phi) is 34.0. The molecule has 2 aliphatic rings. The van der Waals surface area contributed by atoms with Crippen molar-refractivity contribution in [3.8, 4) is 17.1 Å². The van der Waals surface area contributed by atoms with E-state index in [9.17, 15) is 38.7 Å². The highest BCUT2D eigenvalue weighted by molar-refractivity contribution is 5.98. The third-order valence-corrected chi connectivity index (χ3v) is 15.3. The Hall–Kier alpha value is -8.07. The van der Waals surface area contributed by atoms with E-state index in [1.165, 1.54) is 0 Å². The maximum absolute atomic E-state index is 13.7. The van der Waals surface area contributed by atoms with Crippen LogP contribution in [0.1, 0.15) is 87.6 Å². The number of anilines is 1. The molecule has 2 aromatic carbocycles. The van der Waals surface area contributed by atoms with Gasteiger partial charge in [-0.15, -0.1) is 0 Å². The Bertz CT molecular complexity index is 3240. The van der Waals surface area contributed by atoms with Crippen molar-refractivity contribution in [2.24, 2.45) is 16.8 Å². The number of primary amides is 1. The van der Waals surface area contributed by atoms with Crippen molar-refractivity contribution in [2.75, 3.05) is 150 Å². The van der Waals surface area contributed by atoms with Gasteiger partial charge in [0.15, 0.2) is 5.60 Å². The number of fused-ring (bicyclic) bond motifs is 5. The number of cyclic esters (lactones) is 1. The lowest BCUT2D eigenvalue weighted by molar-refractivity contribution is -0.172. The maximum atomic E-state index is 13.7. The number of aliphatic hydroxyl groups is 1. The maximum Gasteiger partial charge on any atom is 0.407 e. The number of alkyl carbamates (subject to hydrolysis) is 1. The molecule has 31 nitrogen and oxygen atoms in total. The molecule has 96 heavy (non-hydrogen) atoms. The summed E-state index contributed by atoms with van der Waals surface area (Å²) >= 11 is 0. The van der Waals surface area contributed by atoms with Crippen molar-refractivity contribution in [1.29, 1.82) is 0 Å². The number of nitrogens with two attached hydrogens (primary N) is 1. The molecule has 8 N–H and O–H groups in total. The van der Waals surface area contributed by atoms with Crippen LogP contribution in [-0.2, 0) is 103 Å². The van der Waals surface area contributed by atoms with Crippen LogP contribution >= 0.6 is 0 Å². The van der Waals surface area contributed by atoms with Gasteiger partial charge in [-0.1, -0.05) is 44.9 Å². The lowest BCUT2D eigenvalue weighted by atomic mass is 9.86. The average Bonchev–Trinajstić information content (AvgIpc) is 1.50. The molecule has 0 spiro atoms. The van der Waals surface area contributed by atoms with Gasteiger partial charge in [-0.3, -0.25) is 19.2 Å². The first-order valence-electron chi connectivity index (χ1n) is 32.5. The number of amides is 6. The first-order chi connectivity index (χ1) is 46.6. The topological polar surface area (TPSA) is 403 Å². The average molecular weight is 1350 g/mol. The molecule has 0 aliphatic carbocycles. The quantitative estimate of drug-likeness (QED) is 0.00943. The number of hydrogen-bond acceptors (Lipinski definition) is 22. The van der Waals surface area contributed by atoms with E-state index in [0.29, 0.717) is 152 Å². The van der Waals surface area contributed by atoms with Crippen molar-refractivity contribution in [1.82, 2.24) is 30.8 Å². The number of benzene rings is 2. The zero-order chi connectivity index (χ0) is 68.9. The summed E-state index contributed by atoms with van der Waals surface area (Å²) in [5.41, 5.74) is 16.5. The van der Waals surface area contributed by atoms with E-state index >= 15 is 0 Å². The van der Waals surface area contributed by atoms with Gasteiger partial charge in [-0.05, 0) is 91.1 Å². The number of pyridine rings is 2. The molecule has 6 amide bonds. The number of azide groups is 1. The molecule has 0 saturated heterocycles. The highest BCUT2D eigenvalue weighted by atomic mass is 16.6. The molecular formula is C65H93N11O20. The fraction of sp³-hybridized carbons (Fsp3) is 0.600. The molecule has 4 aromatic rings. The molecule has 0 radical (unpaired) electrons. The summed E-state index contributed by atoms with van der Waals surface area (Å²) in [4.78, 5) is 98.3.